The van der Waals surface area contributed by atoms with E-state index in [1.54, 1.807) is 7.11 Å². The van der Waals surface area contributed by atoms with Crippen molar-refractivity contribution in [1.29, 1.82) is 0 Å². The highest BCUT2D eigenvalue weighted by atomic mass is 16.5. The molecule has 0 spiro atoms. The van der Waals surface area contributed by atoms with Gasteiger partial charge in [0.2, 0.25) is 0 Å². The van der Waals surface area contributed by atoms with Gasteiger partial charge in [0.15, 0.2) is 0 Å². The van der Waals surface area contributed by atoms with E-state index in [1.165, 1.54) is 51.5 Å². The highest BCUT2D eigenvalue weighted by molar-refractivity contribution is 4.89. The van der Waals surface area contributed by atoms with Crippen LogP contribution in [0.3, 0.4) is 0 Å². The molecule has 1 rings (SSSR count). The SMILES string of the molecule is CCCCC(COC)NCC1(CC)CCC1. The van der Waals surface area contributed by atoms with E-state index in [2.05, 4.69) is 19.2 Å². The van der Waals surface area contributed by atoms with E-state index in [0.29, 0.717) is 11.5 Å². The fourth-order valence-electron chi connectivity index (χ4n) is 2.59. The maximum Gasteiger partial charge on any atom is 0.0615 e. The maximum absolute atomic E-state index is 5.29. The summed E-state index contributed by atoms with van der Waals surface area (Å²) in [5, 5.41) is 3.72. The van der Waals surface area contributed by atoms with Crippen LogP contribution in [0.2, 0.25) is 0 Å². The maximum atomic E-state index is 5.29. The largest absolute Gasteiger partial charge is 0.383 e. The standard InChI is InChI=1S/C14H29NO/c1-4-6-8-13(11-16-3)15-12-14(5-2)9-7-10-14/h13,15H,4-12H2,1-3H3. The average molecular weight is 227 g/mol. The molecule has 0 aliphatic heterocycles. The average Bonchev–Trinajstić information content (AvgIpc) is 2.24. The molecule has 0 radical (unpaired) electrons. The highest BCUT2D eigenvalue weighted by Crippen LogP contribution is 2.43. The molecule has 2 nitrogen and oxygen atoms in total. The predicted octanol–water partition coefficient (Wildman–Crippen LogP) is 3.36. The van der Waals surface area contributed by atoms with Gasteiger partial charge in [-0.1, -0.05) is 33.1 Å². The third-order valence-electron chi connectivity index (χ3n) is 4.20. The molecule has 1 aliphatic rings. The summed E-state index contributed by atoms with van der Waals surface area (Å²) in [6.07, 6.45) is 9.44. The lowest BCUT2D eigenvalue weighted by Gasteiger charge is -2.42. The van der Waals surface area contributed by atoms with E-state index in [0.717, 1.165) is 6.61 Å². The van der Waals surface area contributed by atoms with Gasteiger partial charge in [-0.05, 0) is 31.1 Å². The third kappa shape index (κ3) is 4.06. The summed E-state index contributed by atoms with van der Waals surface area (Å²) < 4.78 is 5.29. The quantitative estimate of drug-likeness (QED) is 0.652. The Kier molecular flexibility index (Phi) is 6.37. The zero-order valence-corrected chi connectivity index (χ0v) is 11.3. The van der Waals surface area contributed by atoms with Crippen LogP contribution in [0.1, 0.15) is 58.8 Å². The van der Waals surface area contributed by atoms with Gasteiger partial charge in [-0.25, -0.2) is 0 Å². The van der Waals surface area contributed by atoms with Crippen molar-refractivity contribution in [2.45, 2.75) is 64.8 Å². The first-order chi connectivity index (χ1) is 7.76. The van der Waals surface area contributed by atoms with Crippen LogP contribution in [0.15, 0.2) is 0 Å². The van der Waals surface area contributed by atoms with Crippen molar-refractivity contribution in [2.24, 2.45) is 5.41 Å². The van der Waals surface area contributed by atoms with Crippen LogP contribution < -0.4 is 5.32 Å². The molecular formula is C14H29NO. The molecule has 96 valence electrons. The number of rotatable bonds is 9. The van der Waals surface area contributed by atoms with Gasteiger partial charge in [-0.2, -0.15) is 0 Å². The van der Waals surface area contributed by atoms with Gasteiger partial charge in [0.1, 0.15) is 0 Å². The van der Waals surface area contributed by atoms with Crippen LogP contribution in [0, 0.1) is 5.41 Å². The van der Waals surface area contributed by atoms with Crippen molar-refractivity contribution in [1.82, 2.24) is 5.32 Å². The van der Waals surface area contributed by atoms with E-state index in [1.807, 2.05) is 0 Å². The minimum atomic E-state index is 0.564. The topological polar surface area (TPSA) is 21.3 Å². The molecule has 0 heterocycles. The lowest BCUT2D eigenvalue weighted by atomic mass is 9.67. The summed E-state index contributed by atoms with van der Waals surface area (Å²) in [6, 6.07) is 0.564. The minimum Gasteiger partial charge on any atom is -0.383 e. The Morgan fingerprint density at radius 2 is 2.06 bits per heavy atom. The van der Waals surface area contributed by atoms with E-state index >= 15 is 0 Å². The normalized spacial score (nSPS) is 20.4. The van der Waals surface area contributed by atoms with Crippen LogP contribution in [0.25, 0.3) is 0 Å². The van der Waals surface area contributed by atoms with Crippen molar-refractivity contribution in [3.8, 4) is 0 Å². The summed E-state index contributed by atoms with van der Waals surface area (Å²) in [6.45, 7) is 6.64. The number of unbranched alkanes of at least 4 members (excludes halogenated alkanes) is 1. The van der Waals surface area contributed by atoms with Gasteiger partial charge in [0.25, 0.3) is 0 Å². The number of ether oxygens (including phenoxy) is 1. The van der Waals surface area contributed by atoms with E-state index in [4.69, 9.17) is 4.74 Å². The van der Waals surface area contributed by atoms with Crippen molar-refractivity contribution in [2.75, 3.05) is 20.3 Å². The van der Waals surface area contributed by atoms with Crippen molar-refractivity contribution in [3.63, 3.8) is 0 Å². The number of nitrogens with one attached hydrogen (secondary N) is 1. The Morgan fingerprint density at radius 1 is 1.31 bits per heavy atom. The predicted molar refractivity (Wildman–Crippen MR) is 69.8 cm³/mol. The minimum absolute atomic E-state index is 0.564. The molecule has 1 fully saturated rings. The van der Waals surface area contributed by atoms with Gasteiger partial charge in [-0.3, -0.25) is 0 Å². The summed E-state index contributed by atoms with van der Waals surface area (Å²) in [4.78, 5) is 0. The van der Waals surface area contributed by atoms with Crippen LogP contribution >= 0.6 is 0 Å². The first-order valence-electron chi connectivity index (χ1n) is 6.98. The Balaban J connectivity index is 2.24. The van der Waals surface area contributed by atoms with E-state index < -0.39 is 0 Å². The molecule has 0 saturated heterocycles. The number of hydrogen-bond donors (Lipinski definition) is 1. The van der Waals surface area contributed by atoms with Gasteiger partial charge in [0, 0.05) is 19.7 Å². The molecule has 16 heavy (non-hydrogen) atoms. The van der Waals surface area contributed by atoms with Crippen LogP contribution in [0.4, 0.5) is 0 Å². The van der Waals surface area contributed by atoms with Gasteiger partial charge in [0.05, 0.1) is 6.61 Å². The summed E-state index contributed by atoms with van der Waals surface area (Å²) >= 11 is 0. The third-order valence-corrected chi connectivity index (χ3v) is 4.20. The molecule has 1 N–H and O–H groups in total. The first-order valence-corrected chi connectivity index (χ1v) is 6.98. The number of hydrogen-bond acceptors (Lipinski definition) is 2. The van der Waals surface area contributed by atoms with Crippen LogP contribution in [-0.4, -0.2) is 26.3 Å². The molecule has 2 heteroatoms. The fourth-order valence-corrected chi connectivity index (χ4v) is 2.59. The lowest BCUT2D eigenvalue weighted by Crippen LogP contribution is -2.44. The zero-order valence-electron chi connectivity index (χ0n) is 11.3. The second kappa shape index (κ2) is 7.29. The van der Waals surface area contributed by atoms with Gasteiger partial charge in [-0.15, -0.1) is 0 Å². The Labute approximate surface area is 101 Å². The molecule has 0 aromatic rings. The number of methoxy groups -OCH3 is 1. The van der Waals surface area contributed by atoms with Crippen LogP contribution in [-0.2, 0) is 4.74 Å². The van der Waals surface area contributed by atoms with E-state index in [-0.39, 0.29) is 0 Å². The fraction of sp³-hybridized carbons (Fsp3) is 1.00. The van der Waals surface area contributed by atoms with Crippen molar-refractivity contribution in [3.05, 3.63) is 0 Å². The molecule has 1 unspecified atom stereocenters. The molecule has 0 bridgehead atoms. The second-order valence-electron chi connectivity index (χ2n) is 5.38. The first kappa shape index (κ1) is 14.0. The molecule has 1 aliphatic carbocycles. The monoisotopic (exact) mass is 227 g/mol. The molecule has 1 saturated carbocycles. The molecule has 0 amide bonds. The lowest BCUT2D eigenvalue weighted by molar-refractivity contribution is 0.101. The summed E-state index contributed by atoms with van der Waals surface area (Å²) in [5.74, 6) is 0. The van der Waals surface area contributed by atoms with Crippen molar-refractivity contribution >= 4 is 0 Å². The summed E-state index contributed by atoms with van der Waals surface area (Å²) in [7, 11) is 1.81. The summed E-state index contributed by atoms with van der Waals surface area (Å²) in [5.41, 5.74) is 0.623. The smallest absolute Gasteiger partial charge is 0.0615 e. The Bertz CT molecular complexity index is 172. The van der Waals surface area contributed by atoms with Gasteiger partial charge < -0.3 is 10.1 Å². The van der Waals surface area contributed by atoms with Gasteiger partial charge >= 0.3 is 0 Å². The Hall–Kier alpha value is -0.0800. The highest BCUT2D eigenvalue weighted by Gasteiger charge is 2.34. The zero-order chi connectivity index (χ0) is 11.9. The molecular weight excluding hydrogens is 198 g/mol. The molecule has 0 aromatic heterocycles. The Morgan fingerprint density at radius 3 is 2.50 bits per heavy atom. The molecule has 0 aromatic carbocycles. The van der Waals surface area contributed by atoms with Crippen LogP contribution in [0.5, 0.6) is 0 Å². The van der Waals surface area contributed by atoms with Crippen molar-refractivity contribution < 1.29 is 4.74 Å². The second-order valence-corrected chi connectivity index (χ2v) is 5.38. The molecule has 1 atom stereocenters. The van der Waals surface area contributed by atoms with E-state index in [9.17, 15) is 0 Å².